The van der Waals surface area contributed by atoms with E-state index in [1.807, 2.05) is 24.3 Å². The second kappa shape index (κ2) is 9.77. The van der Waals surface area contributed by atoms with Crippen LogP contribution in [-0.4, -0.2) is 56.2 Å². The van der Waals surface area contributed by atoms with Crippen molar-refractivity contribution < 1.29 is 9.53 Å². The van der Waals surface area contributed by atoms with Crippen molar-refractivity contribution in [1.82, 2.24) is 15.5 Å². The number of amides is 1. The monoisotopic (exact) mass is 333 g/mol. The molecule has 0 spiro atoms. The van der Waals surface area contributed by atoms with Crippen molar-refractivity contribution in [2.24, 2.45) is 0 Å². The molecule has 1 aliphatic rings. The average molecular weight is 333 g/mol. The molecule has 2 rings (SSSR count). The van der Waals surface area contributed by atoms with Gasteiger partial charge in [0.05, 0.1) is 12.2 Å². The number of carbonyl (C=O) groups excluding carboxylic acids is 1. The second-order valence-electron chi connectivity index (χ2n) is 6.68. The van der Waals surface area contributed by atoms with Gasteiger partial charge in [-0.2, -0.15) is 0 Å². The molecular formula is C19H31N3O2. The number of benzene rings is 1. The van der Waals surface area contributed by atoms with Crippen LogP contribution in [-0.2, 0) is 11.3 Å². The third-order valence-electron chi connectivity index (χ3n) is 4.35. The minimum Gasteiger partial charge on any atom is -0.373 e. The van der Waals surface area contributed by atoms with Crippen LogP contribution in [0, 0.1) is 0 Å². The number of morpholine rings is 1. The molecule has 0 aliphatic carbocycles. The molecule has 2 unspecified atom stereocenters. The van der Waals surface area contributed by atoms with E-state index >= 15 is 0 Å². The van der Waals surface area contributed by atoms with Gasteiger partial charge in [0.25, 0.3) is 5.91 Å². The van der Waals surface area contributed by atoms with Gasteiger partial charge in [0, 0.05) is 32.2 Å². The van der Waals surface area contributed by atoms with Crippen LogP contribution < -0.4 is 10.6 Å². The Kier molecular flexibility index (Phi) is 7.69. The van der Waals surface area contributed by atoms with Gasteiger partial charge < -0.3 is 15.4 Å². The highest BCUT2D eigenvalue weighted by atomic mass is 16.5. The molecule has 1 amide bonds. The SMILES string of the molecule is CNC(=O)c1ccc(CNCCCCN2CC(C)OC(C)C2)cc1. The molecule has 5 nitrogen and oxygen atoms in total. The van der Waals surface area contributed by atoms with Gasteiger partial charge in [0.1, 0.15) is 0 Å². The number of rotatable bonds is 8. The summed E-state index contributed by atoms with van der Waals surface area (Å²) < 4.78 is 5.76. The summed E-state index contributed by atoms with van der Waals surface area (Å²) in [6.07, 6.45) is 3.09. The van der Waals surface area contributed by atoms with Gasteiger partial charge in [-0.3, -0.25) is 9.69 Å². The summed E-state index contributed by atoms with van der Waals surface area (Å²) in [6, 6.07) is 7.76. The number of hydrogen-bond acceptors (Lipinski definition) is 4. The highest BCUT2D eigenvalue weighted by Gasteiger charge is 2.21. The maximum Gasteiger partial charge on any atom is 0.251 e. The van der Waals surface area contributed by atoms with Gasteiger partial charge in [-0.25, -0.2) is 0 Å². The Morgan fingerprint density at radius 3 is 2.46 bits per heavy atom. The van der Waals surface area contributed by atoms with Gasteiger partial charge in [-0.15, -0.1) is 0 Å². The summed E-state index contributed by atoms with van der Waals surface area (Å²) in [7, 11) is 1.65. The molecule has 0 saturated carbocycles. The lowest BCUT2D eigenvalue weighted by atomic mass is 10.1. The number of ether oxygens (including phenoxy) is 1. The topological polar surface area (TPSA) is 53.6 Å². The van der Waals surface area contributed by atoms with Gasteiger partial charge in [-0.1, -0.05) is 12.1 Å². The Bertz CT molecular complexity index is 494. The van der Waals surface area contributed by atoms with Crippen molar-refractivity contribution in [1.29, 1.82) is 0 Å². The summed E-state index contributed by atoms with van der Waals surface area (Å²) in [6.45, 7) is 9.43. The van der Waals surface area contributed by atoms with Crippen LogP contribution in [0.2, 0.25) is 0 Å². The smallest absolute Gasteiger partial charge is 0.251 e. The van der Waals surface area contributed by atoms with E-state index in [1.54, 1.807) is 7.05 Å². The molecule has 0 aromatic heterocycles. The number of nitrogens with zero attached hydrogens (tertiary/aromatic N) is 1. The van der Waals surface area contributed by atoms with Gasteiger partial charge in [-0.05, 0) is 57.5 Å². The van der Waals surface area contributed by atoms with Gasteiger partial charge in [0.2, 0.25) is 0 Å². The molecule has 2 N–H and O–H groups in total. The third-order valence-corrected chi connectivity index (χ3v) is 4.35. The molecule has 1 saturated heterocycles. The molecule has 1 aromatic rings. The molecule has 2 atom stereocenters. The molecule has 24 heavy (non-hydrogen) atoms. The molecule has 1 aromatic carbocycles. The molecule has 134 valence electrons. The lowest BCUT2D eigenvalue weighted by Gasteiger charge is -2.35. The Hall–Kier alpha value is -1.43. The zero-order valence-corrected chi connectivity index (χ0v) is 15.2. The Balaban J connectivity index is 1.57. The lowest BCUT2D eigenvalue weighted by Crippen LogP contribution is -2.45. The van der Waals surface area contributed by atoms with Crippen LogP contribution in [0.1, 0.15) is 42.6 Å². The summed E-state index contributed by atoms with van der Waals surface area (Å²) in [5.74, 6) is -0.0405. The highest BCUT2D eigenvalue weighted by Crippen LogP contribution is 2.11. The standard InChI is InChI=1S/C19H31N3O2/c1-15-13-22(14-16(2)24-15)11-5-4-10-21-12-17-6-8-18(9-7-17)19(23)20-3/h6-9,15-16,21H,4-5,10-14H2,1-3H3,(H,20,23). The number of nitrogens with one attached hydrogen (secondary N) is 2. The Morgan fingerprint density at radius 1 is 1.17 bits per heavy atom. The van der Waals surface area contributed by atoms with E-state index in [2.05, 4.69) is 29.4 Å². The van der Waals surface area contributed by atoms with Crippen LogP contribution in [0.3, 0.4) is 0 Å². The normalized spacial score (nSPS) is 21.6. The van der Waals surface area contributed by atoms with Crippen LogP contribution >= 0.6 is 0 Å². The van der Waals surface area contributed by atoms with Crippen molar-refractivity contribution >= 4 is 5.91 Å². The van der Waals surface area contributed by atoms with E-state index in [0.717, 1.165) is 32.7 Å². The van der Waals surface area contributed by atoms with Crippen LogP contribution in [0.15, 0.2) is 24.3 Å². The molecule has 0 bridgehead atoms. The first-order valence-corrected chi connectivity index (χ1v) is 8.98. The van der Waals surface area contributed by atoms with E-state index in [9.17, 15) is 4.79 Å². The van der Waals surface area contributed by atoms with Crippen LogP contribution in [0.5, 0.6) is 0 Å². The second-order valence-corrected chi connectivity index (χ2v) is 6.68. The lowest BCUT2D eigenvalue weighted by molar-refractivity contribution is -0.0681. The number of carbonyl (C=O) groups is 1. The number of unbranched alkanes of at least 4 members (excludes halogenated alkanes) is 1. The molecule has 1 aliphatic heterocycles. The summed E-state index contributed by atoms with van der Waals surface area (Å²) >= 11 is 0. The summed E-state index contributed by atoms with van der Waals surface area (Å²) in [5.41, 5.74) is 1.91. The number of hydrogen-bond donors (Lipinski definition) is 2. The fourth-order valence-electron chi connectivity index (χ4n) is 3.20. The Morgan fingerprint density at radius 2 is 1.83 bits per heavy atom. The minimum atomic E-state index is -0.0405. The maximum atomic E-state index is 11.5. The zero-order valence-electron chi connectivity index (χ0n) is 15.2. The molecule has 1 fully saturated rings. The molecule has 5 heteroatoms. The van der Waals surface area contributed by atoms with E-state index in [-0.39, 0.29) is 5.91 Å². The van der Waals surface area contributed by atoms with E-state index in [1.165, 1.54) is 18.4 Å². The fraction of sp³-hybridized carbons (Fsp3) is 0.632. The van der Waals surface area contributed by atoms with Crippen molar-refractivity contribution in [2.45, 2.75) is 45.4 Å². The molecule has 0 radical (unpaired) electrons. The fourth-order valence-corrected chi connectivity index (χ4v) is 3.20. The Labute approximate surface area is 145 Å². The van der Waals surface area contributed by atoms with Crippen LogP contribution in [0.4, 0.5) is 0 Å². The summed E-state index contributed by atoms with van der Waals surface area (Å²) in [5, 5.41) is 6.11. The molecular weight excluding hydrogens is 302 g/mol. The predicted molar refractivity (Wildman–Crippen MR) is 97.2 cm³/mol. The first kappa shape index (κ1) is 18.9. The third kappa shape index (κ3) is 6.23. The molecule has 1 heterocycles. The van der Waals surface area contributed by atoms with Crippen LogP contribution in [0.25, 0.3) is 0 Å². The first-order valence-electron chi connectivity index (χ1n) is 8.98. The van der Waals surface area contributed by atoms with Crippen molar-refractivity contribution in [3.8, 4) is 0 Å². The van der Waals surface area contributed by atoms with Gasteiger partial charge >= 0.3 is 0 Å². The quantitative estimate of drug-likeness (QED) is 0.715. The largest absolute Gasteiger partial charge is 0.373 e. The average Bonchev–Trinajstić information content (AvgIpc) is 2.57. The van der Waals surface area contributed by atoms with E-state index in [0.29, 0.717) is 17.8 Å². The van der Waals surface area contributed by atoms with E-state index in [4.69, 9.17) is 4.74 Å². The highest BCUT2D eigenvalue weighted by molar-refractivity contribution is 5.93. The first-order chi connectivity index (χ1) is 11.6. The van der Waals surface area contributed by atoms with E-state index < -0.39 is 0 Å². The van der Waals surface area contributed by atoms with Crippen molar-refractivity contribution in [2.75, 3.05) is 33.2 Å². The zero-order chi connectivity index (χ0) is 17.4. The summed E-state index contributed by atoms with van der Waals surface area (Å²) in [4.78, 5) is 14.0. The van der Waals surface area contributed by atoms with Gasteiger partial charge in [0.15, 0.2) is 0 Å². The van der Waals surface area contributed by atoms with Crippen molar-refractivity contribution in [3.05, 3.63) is 35.4 Å². The predicted octanol–water partition coefficient (Wildman–Crippen LogP) is 2.03. The van der Waals surface area contributed by atoms with Crippen molar-refractivity contribution in [3.63, 3.8) is 0 Å². The minimum absolute atomic E-state index is 0.0405. The maximum absolute atomic E-state index is 11.5.